The summed E-state index contributed by atoms with van der Waals surface area (Å²) in [4.78, 5) is 3.68. The van der Waals surface area contributed by atoms with Crippen LogP contribution in [0.15, 0.2) is 0 Å². The van der Waals surface area contributed by atoms with E-state index < -0.39 is 0 Å². The molecule has 0 aliphatic heterocycles. The number of hydrogen-bond acceptors (Lipinski definition) is 0. The van der Waals surface area contributed by atoms with Crippen molar-refractivity contribution in [3.05, 3.63) is 11.4 Å². The first-order valence-electron chi connectivity index (χ1n) is 11.5. The molecule has 0 spiro atoms. The Hall–Kier alpha value is -0.510. The highest BCUT2D eigenvalue weighted by Crippen LogP contribution is 2.19. The van der Waals surface area contributed by atoms with Gasteiger partial charge in [-0.2, -0.15) is 0 Å². The molecule has 0 aromatic rings. The summed E-state index contributed by atoms with van der Waals surface area (Å²) < 4.78 is 0. The van der Waals surface area contributed by atoms with Crippen molar-refractivity contribution in [1.82, 2.24) is 0 Å². The highest BCUT2D eigenvalue weighted by molar-refractivity contribution is 4.88. The van der Waals surface area contributed by atoms with E-state index >= 15 is 0 Å². The van der Waals surface area contributed by atoms with Crippen LogP contribution in [-0.2, 0) is 0 Å². The monoisotopic (exact) mass is 349 g/mol. The van der Waals surface area contributed by atoms with E-state index in [1.54, 1.807) is 0 Å². The molecule has 0 aromatic heterocycles. The lowest BCUT2D eigenvalue weighted by molar-refractivity contribution is 0.490. The van der Waals surface area contributed by atoms with Gasteiger partial charge in [-0.1, -0.05) is 116 Å². The fourth-order valence-electron chi connectivity index (χ4n) is 3.52. The average Bonchev–Trinajstić information content (AvgIpc) is 2.60. The molecular formula is C24H47N. The maximum absolute atomic E-state index is 7.14. The number of unbranched alkanes of at least 4 members (excludes halogenated alkanes) is 17. The third kappa shape index (κ3) is 19.7. The van der Waals surface area contributed by atoms with E-state index in [4.69, 9.17) is 6.57 Å². The van der Waals surface area contributed by atoms with Crippen LogP contribution in [0, 0.1) is 6.57 Å². The molecule has 1 heteroatoms. The Balaban J connectivity index is 3.07. The molecule has 1 nitrogen and oxygen atoms in total. The molecule has 25 heavy (non-hydrogen) atoms. The lowest BCUT2D eigenvalue weighted by Crippen LogP contribution is -2.12. The largest absolute Gasteiger partial charge is 0.311 e. The van der Waals surface area contributed by atoms with Crippen LogP contribution in [0.25, 0.3) is 4.85 Å². The molecule has 0 saturated carbocycles. The SMILES string of the molecule is [C-]#[N+]C(C)(C)CCCCCCCCCCCCCCCCCCCC. The average molecular weight is 350 g/mol. The van der Waals surface area contributed by atoms with E-state index in [1.807, 2.05) is 0 Å². The standard InChI is InChI=1S/C24H47N/c1-5-6-7-8-9-10-11-12-13-14-15-16-17-18-19-20-21-22-23-24(2,3)25-4/h5-23H2,1-3H3. The Labute approximate surface area is 160 Å². The van der Waals surface area contributed by atoms with Crippen molar-refractivity contribution in [3.63, 3.8) is 0 Å². The zero-order chi connectivity index (χ0) is 18.6. The Morgan fingerprint density at radius 2 is 0.800 bits per heavy atom. The predicted octanol–water partition coefficient (Wildman–Crippen LogP) is 9.12. The highest BCUT2D eigenvalue weighted by atomic mass is 14.8. The van der Waals surface area contributed by atoms with Gasteiger partial charge in [-0.05, 0) is 6.42 Å². The first kappa shape index (κ1) is 24.5. The zero-order valence-electron chi connectivity index (χ0n) is 17.9. The predicted molar refractivity (Wildman–Crippen MR) is 114 cm³/mol. The summed E-state index contributed by atoms with van der Waals surface area (Å²) in [6.07, 6.45) is 26.6. The molecular weight excluding hydrogens is 302 g/mol. The molecule has 0 saturated heterocycles. The summed E-state index contributed by atoms with van der Waals surface area (Å²) in [6, 6.07) is 0. The van der Waals surface area contributed by atoms with E-state index in [0.717, 1.165) is 6.42 Å². The summed E-state index contributed by atoms with van der Waals surface area (Å²) >= 11 is 0. The number of nitrogens with zero attached hydrogens (tertiary/aromatic N) is 1. The van der Waals surface area contributed by atoms with Gasteiger partial charge in [0.25, 0.3) is 0 Å². The molecule has 0 fully saturated rings. The van der Waals surface area contributed by atoms with Gasteiger partial charge < -0.3 is 4.85 Å². The van der Waals surface area contributed by atoms with Gasteiger partial charge in [0.15, 0.2) is 0 Å². The zero-order valence-corrected chi connectivity index (χ0v) is 17.9. The minimum Gasteiger partial charge on any atom is -0.311 e. The molecule has 0 aromatic carbocycles. The molecule has 0 heterocycles. The molecule has 0 N–H and O–H groups in total. The van der Waals surface area contributed by atoms with Crippen molar-refractivity contribution in [2.24, 2.45) is 0 Å². The van der Waals surface area contributed by atoms with Crippen molar-refractivity contribution in [2.75, 3.05) is 0 Å². The first-order valence-corrected chi connectivity index (χ1v) is 11.5. The van der Waals surface area contributed by atoms with Crippen LogP contribution in [0.4, 0.5) is 0 Å². The van der Waals surface area contributed by atoms with E-state index in [2.05, 4.69) is 25.6 Å². The second-order valence-corrected chi connectivity index (χ2v) is 8.68. The smallest absolute Gasteiger partial charge is 0.227 e. The lowest BCUT2D eigenvalue weighted by atomic mass is 9.97. The van der Waals surface area contributed by atoms with Gasteiger partial charge in [0.05, 0.1) is 0 Å². The van der Waals surface area contributed by atoms with Crippen LogP contribution in [0.3, 0.4) is 0 Å². The van der Waals surface area contributed by atoms with Gasteiger partial charge in [0.1, 0.15) is 0 Å². The quantitative estimate of drug-likeness (QED) is 0.162. The topological polar surface area (TPSA) is 4.36 Å². The van der Waals surface area contributed by atoms with Gasteiger partial charge in [0, 0.05) is 20.3 Å². The fraction of sp³-hybridized carbons (Fsp3) is 0.958. The normalized spacial score (nSPS) is 11.6. The minimum absolute atomic E-state index is 0.130. The molecule has 0 aliphatic carbocycles. The minimum atomic E-state index is -0.130. The van der Waals surface area contributed by atoms with Gasteiger partial charge in [-0.15, -0.1) is 0 Å². The van der Waals surface area contributed by atoms with Gasteiger partial charge in [-0.3, -0.25) is 0 Å². The Morgan fingerprint density at radius 3 is 1.08 bits per heavy atom. The third-order valence-corrected chi connectivity index (χ3v) is 5.44. The van der Waals surface area contributed by atoms with Crippen LogP contribution >= 0.6 is 0 Å². The Bertz CT molecular complexity index is 300. The number of rotatable bonds is 19. The van der Waals surface area contributed by atoms with Crippen molar-refractivity contribution in [1.29, 1.82) is 0 Å². The highest BCUT2D eigenvalue weighted by Gasteiger charge is 2.21. The van der Waals surface area contributed by atoms with E-state index in [-0.39, 0.29) is 5.54 Å². The summed E-state index contributed by atoms with van der Waals surface area (Å²) in [7, 11) is 0. The van der Waals surface area contributed by atoms with E-state index in [0.29, 0.717) is 0 Å². The second-order valence-electron chi connectivity index (χ2n) is 8.68. The van der Waals surface area contributed by atoms with Crippen molar-refractivity contribution in [3.8, 4) is 0 Å². The Morgan fingerprint density at radius 1 is 0.520 bits per heavy atom. The molecule has 0 unspecified atom stereocenters. The second kappa shape index (κ2) is 18.3. The summed E-state index contributed by atoms with van der Waals surface area (Å²) in [5.74, 6) is 0. The first-order chi connectivity index (χ1) is 12.1. The lowest BCUT2D eigenvalue weighted by Gasteiger charge is -2.10. The molecule has 0 bridgehead atoms. The third-order valence-electron chi connectivity index (χ3n) is 5.44. The van der Waals surface area contributed by atoms with E-state index in [1.165, 1.54) is 116 Å². The summed E-state index contributed by atoms with van der Waals surface area (Å²) in [5.41, 5.74) is -0.130. The van der Waals surface area contributed by atoms with Crippen LogP contribution in [0.5, 0.6) is 0 Å². The maximum Gasteiger partial charge on any atom is 0.227 e. The summed E-state index contributed by atoms with van der Waals surface area (Å²) in [5, 5.41) is 0. The fourth-order valence-corrected chi connectivity index (χ4v) is 3.52. The van der Waals surface area contributed by atoms with Gasteiger partial charge in [0.2, 0.25) is 5.54 Å². The van der Waals surface area contributed by atoms with Crippen molar-refractivity contribution >= 4 is 0 Å². The Kier molecular flexibility index (Phi) is 17.9. The number of hydrogen-bond donors (Lipinski definition) is 0. The molecule has 148 valence electrons. The van der Waals surface area contributed by atoms with Crippen LogP contribution in [-0.4, -0.2) is 5.54 Å². The van der Waals surface area contributed by atoms with Crippen LogP contribution in [0.2, 0.25) is 0 Å². The maximum atomic E-state index is 7.14. The molecule has 0 radical (unpaired) electrons. The van der Waals surface area contributed by atoms with Gasteiger partial charge >= 0.3 is 0 Å². The van der Waals surface area contributed by atoms with Crippen molar-refractivity contribution < 1.29 is 0 Å². The van der Waals surface area contributed by atoms with Gasteiger partial charge in [-0.25, -0.2) is 6.57 Å². The molecule has 0 rings (SSSR count). The molecule has 0 aliphatic rings. The van der Waals surface area contributed by atoms with Crippen molar-refractivity contribution in [2.45, 2.75) is 148 Å². The van der Waals surface area contributed by atoms with Crippen LogP contribution in [0.1, 0.15) is 143 Å². The summed E-state index contributed by atoms with van der Waals surface area (Å²) in [6.45, 7) is 13.6. The molecule has 0 amide bonds. The molecule has 0 atom stereocenters. The van der Waals surface area contributed by atoms with Crippen LogP contribution < -0.4 is 0 Å². The van der Waals surface area contributed by atoms with E-state index in [9.17, 15) is 0 Å².